The van der Waals surface area contributed by atoms with E-state index in [0.29, 0.717) is 5.84 Å². The quantitative estimate of drug-likeness (QED) is 0.523. The molecule has 3 heteroatoms. The minimum absolute atomic E-state index is 0.481. The second-order valence-electron chi connectivity index (χ2n) is 2.96. The average molecular weight is 177 g/mol. The molecule has 2 N–H and O–H groups in total. The van der Waals surface area contributed by atoms with Gasteiger partial charge in [-0.05, 0) is 38.3 Å². The zero-order valence-electron chi connectivity index (χ0n) is 8.26. The molecule has 1 aromatic rings. The number of aryl methyl sites for hydroxylation is 2. The summed E-state index contributed by atoms with van der Waals surface area (Å²) in [4.78, 5) is 0. The summed E-state index contributed by atoms with van der Waals surface area (Å²) in [7, 11) is 1.82. The van der Waals surface area contributed by atoms with Crippen LogP contribution in [0.1, 0.15) is 11.4 Å². The maximum atomic E-state index is 7.77. The number of hydrogen-bond donors (Lipinski definition) is 2. The summed E-state index contributed by atoms with van der Waals surface area (Å²) < 4.78 is 1.90. The van der Waals surface area contributed by atoms with E-state index in [9.17, 15) is 0 Å². The molecule has 0 saturated heterocycles. The lowest BCUT2D eigenvalue weighted by molar-refractivity contribution is 1.01. The van der Waals surface area contributed by atoms with E-state index < -0.39 is 0 Å². The smallest absolute Gasteiger partial charge is 0.130 e. The Labute approximate surface area is 78.6 Å². The first-order valence-corrected chi connectivity index (χ1v) is 4.24. The molecule has 0 aliphatic carbocycles. The van der Waals surface area contributed by atoms with Gasteiger partial charge in [0.25, 0.3) is 0 Å². The zero-order valence-corrected chi connectivity index (χ0v) is 8.26. The van der Waals surface area contributed by atoms with Crippen molar-refractivity contribution < 1.29 is 0 Å². The van der Waals surface area contributed by atoms with Gasteiger partial charge in [0, 0.05) is 18.4 Å². The van der Waals surface area contributed by atoms with Gasteiger partial charge < -0.3 is 9.88 Å². The lowest BCUT2D eigenvalue weighted by atomic mass is 10.4. The molecule has 0 amide bonds. The van der Waals surface area contributed by atoms with Crippen LogP contribution in [0.15, 0.2) is 24.4 Å². The minimum Gasteiger partial charge on any atom is -0.394 e. The van der Waals surface area contributed by atoms with Crippen molar-refractivity contribution in [2.24, 2.45) is 0 Å². The third kappa shape index (κ3) is 1.99. The highest BCUT2D eigenvalue weighted by Crippen LogP contribution is 2.06. The van der Waals surface area contributed by atoms with E-state index in [0.717, 1.165) is 11.4 Å². The molecule has 0 saturated carbocycles. The molecule has 0 fully saturated rings. The summed E-state index contributed by atoms with van der Waals surface area (Å²) in [6.45, 7) is 3.99. The number of hydrogen-bond acceptors (Lipinski definition) is 2. The van der Waals surface area contributed by atoms with Crippen molar-refractivity contribution in [3.8, 4) is 0 Å². The average Bonchev–Trinajstić information content (AvgIpc) is 2.42. The molecule has 1 heterocycles. The Morgan fingerprint density at radius 2 is 1.92 bits per heavy atom. The Balaban J connectivity index is 2.94. The lowest BCUT2D eigenvalue weighted by Crippen LogP contribution is -2.11. The van der Waals surface area contributed by atoms with Crippen LogP contribution < -0.4 is 5.32 Å². The van der Waals surface area contributed by atoms with Crippen LogP contribution in [0.25, 0.3) is 0 Å². The monoisotopic (exact) mass is 177 g/mol. The van der Waals surface area contributed by atoms with Crippen LogP contribution in [0.4, 0.5) is 0 Å². The van der Waals surface area contributed by atoms with Gasteiger partial charge in [0.15, 0.2) is 0 Å². The number of nitrogens with one attached hydrogen (secondary N) is 2. The topological polar surface area (TPSA) is 40.8 Å². The SMILES string of the molecule is CN/C=C\C(=N)n1c(C)ccc1C. The molecular formula is C10H15N3. The van der Waals surface area contributed by atoms with E-state index in [2.05, 4.69) is 5.32 Å². The van der Waals surface area contributed by atoms with Gasteiger partial charge in [0.1, 0.15) is 5.84 Å². The molecule has 0 radical (unpaired) electrons. The van der Waals surface area contributed by atoms with E-state index in [1.807, 2.05) is 37.6 Å². The van der Waals surface area contributed by atoms with Crippen molar-refractivity contribution >= 4 is 5.84 Å². The lowest BCUT2D eigenvalue weighted by Gasteiger charge is -2.06. The van der Waals surface area contributed by atoms with Crippen LogP contribution in [-0.4, -0.2) is 17.5 Å². The standard InChI is InChI=1S/C10H15N3/c1-8-4-5-9(2)13(8)10(11)6-7-12-3/h4-7,11-12H,1-3H3/b7-6-,11-10?. The molecule has 0 aromatic carbocycles. The second-order valence-corrected chi connectivity index (χ2v) is 2.96. The molecule has 70 valence electrons. The van der Waals surface area contributed by atoms with Crippen molar-refractivity contribution in [1.82, 2.24) is 9.88 Å². The Morgan fingerprint density at radius 3 is 2.38 bits per heavy atom. The van der Waals surface area contributed by atoms with Gasteiger partial charge in [0.05, 0.1) is 0 Å². The van der Waals surface area contributed by atoms with Gasteiger partial charge in [-0.25, -0.2) is 0 Å². The molecular weight excluding hydrogens is 162 g/mol. The maximum absolute atomic E-state index is 7.77. The number of aromatic nitrogens is 1. The molecule has 0 atom stereocenters. The highest BCUT2D eigenvalue weighted by atomic mass is 15.0. The van der Waals surface area contributed by atoms with Crippen LogP contribution in [0, 0.1) is 19.3 Å². The first-order valence-electron chi connectivity index (χ1n) is 4.24. The van der Waals surface area contributed by atoms with Crippen molar-refractivity contribution in [2.45, 2.75) is 13.8 Å². The van der Waals surface area contributed by atoms with Crippen molar-refractivity contribution in [3.05, 3.63) is 35.8 Å². The fourth-order valence-corrected chi connectivity index (χ4v) is 1.29. The molecule has 1 aromatic heterocycles. The summed E-state index contributed by atoms with van der Waals surface area (Å²) >= 11 is 0. The van der Waals surface area contributed by atoms with Crippen LogP contribution >= 0.6 is 0 Å². The van der Waals surface area contributed by atoms with Crippen molar-refractivity contribution in [2.75, 3.05) is 7.05 Å². The Hall–Kier alpha value is -1.51. The van der Waals surface area contributed by atoms with Crippen molar-refractivity contribution in [1.29, 1.82) is 5.41 Å². The predicted molar refractivity (Wildman–Crippen MR) is 55.2 cm³/mol. The largest absolute Gasteiger partial charge is 0.394 e. The normalized spacial score (nSPS) is 10.7. The van der Waals surface area contributed by atoms with E-state index >= 15 is 0 Å². The van der Waals surface area contributed by atoms with E-state index in [-0.39, 0.29) is 0 Å². The van der Waals surface area contributed by atoms with Gasteiger partial charge in [-0.2, -0.15) is 0 Å². The summed E-state index contributed by atoms with van der Waals surface area (Å²) in [6.07, 6.45) is 3.49. The van der Waals surface area contributed by atoms with E-state index in [1.165, 1.54) is 0 Å². The van der Waals surface area contributed by atoms with Crippen LogP contribution in [0.5, 0.6) is 0 Å². The first-order chi connectivity index (χ1) is 6.16. The number of rotatable bonds is 2. The summed E-state index contributed by atoms with van der Waals surface area (Å²) in [5.41, 5.74) is 2.17. The van der Waals surface area contributed by atoms with Crippen molar-refractivity contribution in [3.63, 3.8) is 0 Å². The summed E-state index contributed by atoms with van der Waals surface area (Å²) in [5, 5.41) is 10.6. The molecule has 0 unspecified atom stereocenters. The minimum atomic E-state index is 0.481. The van der Waals surface area contributed by atoms with Crippen LogP contribution in [0.2, 0.25) is 0 Å². The van der Waals surface area contributed by atoms with Crippen LogP contribution in [0.3, 0.4) is 0 Å². The Bertz CT molecular complexity index is 314. The maximum Gasteiger partial charge on any atom is 0.130 e. The first kappa shape index (κ1) is 9.58. The summed E-state index contributed by atoms with van der Waals surface area (Å²) in [6, 6.07) is 4.02. The summed E-state index contributed by atoms with van der Waals surface area (Å²) in [5.74, 6) is 0.481. The van der Waals surface area contributed by atoms with Crippen LogP contribution in [-0.2, 0) is 0 Å². The van der Waals surface area contributed by atoms with Gasteiger partial charge in [0.2, 0.25) is 0 Å². The molecule has 0 bridgehead atoms. The molecule has 13 heavy (non-hydrogen) atoms. The van der Waals surface area contributed by atoms with Gasteiger partial charge in [-0.1, -0.05) is 0 Å². The van der Waals surface area contributed by atoms with E-state index in [1.54, 1.807) is 12.3 Å². The Kier molecular flexibility index (Phi) is 2.90. The molecule has 1 rings (SSSR count). The Morgan fingerprint density at radius 1 is 1.38 bits per heavy atom. The number of allylic oxidation sites excluding steroid dienone is 1. The third-order valence-corrected chi connectivity index (χ3v) is 1.92. The molecule has 0 spiro atoms. The predicted octanol–water partition coefficient (Wildman–Crippen LogP) is 1.66. The molecule has 3 nitrogen and oxygen atoms in total. The molecule has 0 aliphatic heterocycles. The highest BCUT2D eigenvalue weighted by molar-refractivity contribution is 5.93. The third-order valence-electron chi connectivity index (χ3n) is 1.92. The van der Waals surface area contributed by atoms with E-state index in [4.69, 9.17) is 5.41 Å². The molecule has 0 aliphatic rings. The highest BCUT2D eigenvalue weighted by Gasteiger charge is 2.02. The van der Waals surface area contributed by atoms with Gasteiger partial charge in [-0.3, -0.25) is 5.41 Å². The fraction of sp³-hybridized carbons (Fsp3) is 0.300. The zero-order chi connectivity index (χ0) is 9.84. The second kappa shape index (κ2) is 3.94. The fourth-order valence-electron chi connectivity index (χ4n) is 1.29. The van der Waals surface area contributed by atoms with Gasteiger partial charge >= 0.3 is 0 Å². The van der Waals surface area contributed by atoms with Gasteiger partial charge in [-0.15, -0.1) is 0 Å². The number of nitrogens with zero attached hydrogens (tertiary/aromatic N) is 1.